The van der Waals surface area contributed by atoms with Gasteiger partial charge < -0.3 is 15.2 Å². The number of alkyl carbamates (subject to hydrolysis) is 2. The number of nitrogens with zero attached hydrogens (tertiary/aromatic N) is 1. The first-order chi connectivity index (χ1) is 16.9. The molecule has 0 aliphatic rings. The molecule has 0 aliphatic carbocycles. The molecule has 0 atom stereocenters. The zero-order valence-electron chi connectivity index (χ0n) is 24.2. The normalized spacial score (nSPS) is 11.6. The van der Waals surface area contributed by atoms with Crippen molar-refractivity contribution in [1.29, 1.82) is 0 Å². The van der Waals surface area contributed by atoms with Gasteiger partial charge in [0.25, 0.3) is 0 Å². The highest BCUT2D eigenvalue weighted by Crippen LogP contribution is 2.13. The van der Waals surface area contributed by atoms with Gasteiger partial charge in [0.2, 0.25) is 5.96 Å². The van der Waals surface area contributed by atoms with Gasteiger partial charge in [-0.05, 0) is 60.9 Å². The molecular weight excluding hydrogens is 456 g/mol. The van der Waals surface area contributed by atoms with E-state index < -0.39 is 23.4 Å². The van der Waals surface area contributed by atoms with E-state index >= 15 is 0 Å². The third-order valence-electron chi connectivity index (χ3n) is 5.37. The Morgan fingerprint density at radius 1 is 0.583 bits per heavy atom. The molecule has 0 saturated carbocycles. The molecule has 8 nitrogen and oxygen atoms in total. The van der Waals surface area contributed by atoms with Gasteiger partial charge in [0.05, 0.1) is 0 Å². The fourth-order valence-electron chi connectivity index (χ4n) is 3.66. The number of guanidine groups is 1. The minimum absolute atomic E-state index is 0.0501. The lowest BCUT2D eigenvalue weighted by atomic mass is 10.0. The Kier molecular flexibility index (Phi) is 19.2. The largest absolute Gasteiger partial charge is 0.444 e. The molecule has 0 aromatic rings. The van der Waals surface area contributed by atoms with Crippen molar-refractivity contribution < 1.29 is 19.1 Å². The number of aliphatic imine (C=N–C) groups is 1. The van der Waals surface area contributed by atoms with Crippen molar-refractivity contribution in [2.24, 2.45) is 10.7 Å². The zero-order valence-corrected chi connectivity index (χ0v) is 24.2. The van der Waals surface area contributed by atoms with Gasteiger partial charge in [-0.25, -0.2) is 9.59 Å². The Morgan fingerprint density at radius 3 is 1.19 bits per heavy atom. The van der Waals surface area contributed by atoms with Gasteiger partial charge in [-0.2, -0.15) is 0 Å². The van der Waals surface area contributed by atoms with Gasteiger partial charge in [0.1, 0.15) is 11.2 Å². The average molecular weight is 513 g/mol. The van der Waals surface area contributed by atoms with Gasteiger partial charge in [-0.15, -0.1) is 0 Å². The number of rotatable bonds is 17. The highest BCUT2D eigenvalue weighted by Gasteiger charge is 2.21. The Morgan fingerprint density at radius 2 is 0.889 bits per heavy atom. The number of carbonyl (C=O) groups is 2. The number of nitrogens with one attached hydrogen (secondary N) is 2. The maximum atomic E-state index is 12.1. The van der Waals surface area contributed by atoms with E-state index in [9.17, 15) is 9.59 Å². The predicted octanol–water partition coefficient (Wildman–Crippen LogP) is 7.20. The Hall–Kier alpha value is -1.83. The first kappa shape index (κ1) is 34.2. The molecule has 0 aromatic heterocycles. The first-order valence-electron chi connectivity index (χ1n) is 14.2. The number of hydrogen-bond acceptors (Lipinski definition) is 6. The second kappa shape index (κ2) is 20.3. The van der Waals surface area contributed by atoms with E-state index in [1.807, 2.05) is 0 Å². The summed E-state index contributed by atoms with van der Waals surface area (Å²) in [4.78, 5) is 28.6. The van der Waals surface area contributed by atoms with E-state index in [1.54, 1.807) is 41.5 Å². The Balaban J connectivity index is 4.03. The van der Waals surface area contributed by atoms with E-state index in [2.05, 4.69) is 15.6 Å². The molecule has 0 unspecified atom stereocenters. The smallest absolute Gasteiger partial charge is 0.414 e. The van der Waals surface area contributed by atoms with Crippen LogP contribution < -0.4 is 16.4 Å². The number of carbonyl (C=O) groups excluding carboxylic acids is 2. The SMILES string of the molecule is CC(C)(C)OC(=O)NC(=NCCCCCCCCCCCCCCCCCN)NC(=O)OC(C)(C)C. The van der Waals surface area contributed by atoms with Gasteiger partial charge in [-0.1, -0.05) is 83.5 Å². The molecule has 0 aromatic carbocycles. The molecule has 0 fully saturated rings. The van der Waals surface area contributed by atoms with E-state index in [4.69, 9.17) is 15.2 Å². The first-order valence-corrected chi connectivity index (χ1v) is 14.2. The van der Waals surface area contributed by atoms with E-state index in [0.29, 0.717) is 6.54 Å². The summed E-state index contributed by atoms with van der Waals surface area (Å²) in [5.74, 6) is 0.0501. The number of ether oxygens (including phenoxy) is 2. The molecule has 0 spiro atoms. The van der Waals surface area contributed by atoms with Crippen LogP contribution in [-0.2, 0) is 9.47 Å². The summed E-state index contributed by atoms with van der Waals surface area (Å²) in [7, 11) is 0. The van der Waals surface area contributed by atoms with Crippen LogP contribution in [0.25, 0.3) is 0 Å². The van der Waals surface area contributed by atoms with Crippen LogP contribution >= 0.6 is 0 Å². The van der Waals surface area contributed by atoms with Gasteiger partial charge >= 0.3 is 12.2 Å². The van der Waals surface area contributed by atoms with Crippen molar-refractivity contribution in [2.75, 3.05) is 13.1 Å². The molecule has 0 aliphatic heterocycles. The predicted molar refractivity (Wildman–Crippen MR) is 149 cm³/mol. The van der Waals surface area contributed by atoms with Crippen LogP contribution in [0.5, 0.6) is 0 Å². The van der Waals surface area contributed by atoms with Crippen molar-refractivity contribution >= 4 is 18.1 Å². The third-order valence-corrected chi connectivity index (χ3v) is 5.37. The van der Waals surface area contributed by atoms with Crippen LogP contribution in [0.4, 0.5) is 9.59 Å². The summed E-state index contributed by atoms with van der Waals surface area (Å²) < 4.78 is 10.5. The van der Waals surface area contributed by atoms with Crippen molar-refractivity contribution in [3.05, 3.63) is 0 Å². The fourth-order valence-corrected chi connectivity index (χ4v) is 3.66. The van der Waals surface area contributed by atoms with Crippen LogP contribution in [0.1, 0.15) is 138 Å². The highest BCUT2D eigenvalue weighted by atomic mass is 16.6. The number of hydrogen-bond donors (Lipinski definition) is 3. The minimum atomic E-state index is -0.667. The number of amides is 2. The lowest BCUT2D eigenvalue weighted by molar-refractivity contribution is 0.0545. The summed E-state index contributed by atoms with van der Waals surface area (Å²) in [6.45, 7) is 12.0. The molecule has 8 heteroatoms. The quantitative estimate of drug-likeness (QED) is 0.108. The molecule has 2 amide bonds. The summed E-state index contributed by atoms with van der Waals surface area (Å²) in [5, 5.41) is 5.03. The van der Waals surface area contributed by atoms with Crippen LogP contribution in [0.15, 0.2) is 4.99 Å². The van der Waals surface area contributed by atoms with Crippen LogP contribution in [-0.4, -0.2) is 42.4 Å². The van der Waals surface area contributed by atoms with Crippen molar-refractivity contribution in [2.45, 2.75) is 149 Å². The fraction of sp³-hybridized carbons (Fsp3) is 0.893. The Bertz CT molecular complexity index is 578. The van der Waals surface area contributed by atoms with E-state index in [0.717, 1.165) is 19.4 Å². The van der Waals surface area contributed by atoms with E-state index in [1.165, 1.54) is 83.5 Å². The molecule has 0 rings (SSSR count). The second-order valence-electron chi connectivity index (χ2n) is 11.6. The van der Waals surface area contributed by atoms with Crippen LogP contribution in [0, 0.1) is 0 Å². The number of unbranched alkanes of at least 4 members (excludes halogenated alkanes) is 14. The maximum Gasteiger partial charge on any atom is 0.414 e. The highest BCUT2D eigenvalue weighted by molar-refractivity contribution is 6.01. The van der Waals surface area contributed by atoms with Gasteiger partial charge in [-0.3, -0.25) is 15.6 Å². The monoisotopic (exact) mass is 512 g/mol. The summed E-state index contributed by atoms with van der Waals surface area (Å²) >= 11 is 0. The lowest BCUT2D eigenvalue weighted by Crippen LogP contribution is -2.47. The average Bonchev–Trinajstić information content (AvgIpc) is 2.73. The Labute approximate surface area is 220 Å². The van der Waals surface area contributed by atoms with Crippen molar-refractivity contribution in [3.8, 4) is 0 Å². The molecule has 0 saturated heterocycles. The number of nitrogens with two attached hydrogens (primary N) is 1. The van der Waals surface area contributed by atoms with Crippen LogP contribution in [0.2, 0.25) is 0 Å². The molecule has 0 bridgehead atoms. The molecule has 4 N–H and O–H groups in total. The standard InChI is InChI=1S/C28H56N4O4/c1-27(2,3)35-25(33)31-24(32-26(34)36-28(4,5)6)30-23-21-19-17-15-13-11-9-7-8-10-12-14-16-18-20-22-29/h7-23,29H2,1-6H3,(H2,30,31,32,33,34). The summed E-state index contributed by atoms with van der Waals surface area (Å²) in [6.07, 6.45) is 17.6. The molecule has 212 valence electrons. The lowest BCUT2D eigenvalue weighted by Gasteiger charge is -2.22. The summed E-state index contributed by atoms with van der Waals surface area (Å²) in [6, 6.07) is 0. The van der Waals surface area contributed by atoms with E-state index in [-0.39, 0.29) is 5.96 Å². The van der Waals surface area contributed by atoms with Gasteiger partial charge in [0.15, 0.2) is 0 Å². The van der Waals surface area contributed by atoms with Crippen LogP contribution in [0.3, 0.4) is 0 Å². The maximum absolute atomic E-state index is 12.1. The van der Waals surface area contributed by atoms with Gasteiger partial charge in [0, 0.05) is 6.54 Å². The van der Waals surface area contributed by atoms with Crippen molar-refractivity contribution in [1.82, 2.24) is 10.6 Å². The van der Waals surface area contributed by atoms with Crippen molar-refractivity contribution in [3.63, 3.8) is 0 Å². The zero-order chi connectivity index (χ0) is 27.3. The molecule has 0 radical (unpaired) electrons. The molecule has 36 heavy (non-hydrogen) atoms. The topological polar surface area (TPSA) is 115 Å². The molecular formula is C28H56N4O4. The molecule has 0 heterocycles. The minimum Gasteiger partial charge on any atom is -0.444 e. The third kappa shape index (κ3) is 25.3. The second-order valence-corrected chi connectivity index (χ2v) is 11.6. The summed E-state index contributed by atoms with van der Waals surface area (Å²) in [5.41, 5.74) is 4.23.